The number of likely N-dealkylation sites (N-methyl/N-ethyl adjacent to an activating group) is 1. The third-order valence-electron chi connectivity index (χ3n) is 2.04. The van der Waals surface area contributed by atoms with Crippen molar-refractivity contribution in [2.75, 3.05) is 20.1 Å². The van der Waals surface area contributed by atoms with Crippen LogP contribution in [0.5, 0.6) is 0 Å². The highest BCUT2D eigenvalue weighted by Crippen LogP contribution is 2.04. The van der Waals surface area contributed by atoms with Gasteiger partial charge in [0.15, 0.2) is 0 Å². The van der Waals surface area contributed by atoms with Crippen molar-refractivity contribution in [1.29, 1.82) is 0 Å². The number of hydrogen-bond donors (Lipinski definition) is 0. The van der Waals surface area contributed by atoms with Crippen LogP contribution in [0.3, 0.4) is 0 Å². The molecule has 4 heteroatoms. The van der Waals surface area contributed by atoms with E-state index in [9.17, 15) is 13.6 Å². The van der Waals surface area contributed by atoms with E-state index in [0.717, 1.165) is 6.42 Å². The second-order valence-corrected chi connectivity index (χ2v) is 3.36. The molecular formula is C9H17F2NO. The quantitative estimate of drug-likeness (QED) is 0.641. The fourth-order valence-electron chi connectivity index (χ4n) is 0.950. The van der Waals surface area contributed by atoms with Crippen LogP contribution in [0.25, 0.3) is 0 Å². The molecule has 0 aromatic carbocycles. The average Bonchev–Trinajstić information content (AvgIpc) is 2.01. The number of carbonyl (C=O) groups excluding carboxylic acids is 1. The molecule has 0 saturated carbocycles. The smallest absolute Gasteiger partial charge is 0.251 e. The van der Waals surface area contributed by atoms with E-state index >= 15 is 0 Å². The molecule has 0 aromatic heterocycles. The first-order valence-electron chi connectivity index (χ1n) is 4.46. The molecule has 0 aromatic rings. The van der Waals surface area contributed by atoms with E-state index in [1.54, 1.807) is 0 Å². The molecule has 2 nitrogen and oxygen atoms in total. The van der Waals surface area contributed by atoms with E-state index in [-0.39, 0.29) is 24.8 Å². The summed E-state index contributed by atoms with van der Waals surface area (Å²) in [6.07, 6.45) is -1.60. The van der Waals surface area contributed by atoms with Crippen molar-refractivity contribution in [3.8, 4) is 0 Å². The van der Waals surface area contributed by atoms with Crippen LogP contribution in [0, 0.1) is 5.92 Å². The summed E-state index contributed by atoms with van der Waals surface area (Å²) in [6, 6.07) is 0. The fourth-order valence-corrected chi connectivity index (χ4v) is 0.950. The van der Waals surface area contributed by atoms with Crippen LogP contribution in [-0.4, -0.2) is 37.2 Å². The monoisotopic (exact) mass is 193 g/mol. The predicted octanol–water partition coefficient (Wildman–Crippen LogP) is 1.80. The Morgan fingerprint density at radius 3 is 2.38 bits per heavy atom. The van der Waals surface area contributed by atoms with Gasteiger partial charge in [0.05, 0.1) is 13.1 Å². The minimum Gasteiger partial charge on any atom is -0.298 e. The van der Waals surface area contributed by atoms with Crippen molar-refractivity contribution in [3.05, 3.63) is 0 Å². The fraction of sp³-hybridized carbons (Fsp3) is 0.889. The summed E-state index contributed by atoms with van der Waals surface area (Å²) in [5.41, 5.74) is 0. The summed E-state index contributed by atoms with van der Waals surface area (Å²) in [5.74, 6) is 0.00534. The van der Waals surface area contributed by atoms with Crippen molar-refractivity contribution < 1.29 is 13.6 Å². The van der Waals surface area contributed by atoms with Crippen molar-refractivity contribution in [1.82, 2.24) is 4.90 Å². The SMILES string of the molecule is CCC(C)C(=O)CN(C)CC(F)F. The van der Waals surface area contributed by atoms with Gasteiger partial charge in [-0.2, -0.15) is 0 Å². The summed E-state index contributed by atoms with van der Waals surface area (Å²) < 4.78 is 23.7. The van der Waals surface area contributed by atoms with Gasteiger partial charge in [0, 0.05) is 5.92 Å². The van der Waals surface area contributed by atoms with E-state index < -0.39 is 6.43 Å². The Hall–Kier alpha value is -0.510. The van der Waals surface area contributed by atoms with Gasteiger partial charge in [0.25, 0.3) is 6.43 Å². The molecule has 0 amide bonds. The number of rotatable bonds is 6. The van der Waals surface area contributed by atoms with Crippen LogP contribution >= 0.6 is 0 Å². The summed E-state index contributed by atoms with van der Waals surface area (Å²) in [6.45, 7) is 3.52. The molecule has 0 aliphatic rings. The van der Waals surface area contributed by atoms with Gasteiger partial charge in [-0.3, -0.25) is 9.69 Å². The topological polar surface area (TPSA) is 20.3 Å². The standard InChI is InChI=1S/C9H17F2NO/c1-4-7(2)8(13)5-12(3)6-9(10)11/h7,9H,4-6H2,1-3H3. The molecule has 0 spiro atoms. The largest absolute Gasteiger partial charge is 0.298 e. The lowest BCUT2D eigenvalue weighted by Gasteiger charge is -2.16. The van der Waals surface area contributed by atoms with Gasteiger partial charge in [-0.1, -0.05) is 13.8 Å². The molecule has 1 atom stereocenters. The molecule has 0 aliphatic heterocycles. The average molecular weight is 193 g/mol. The number of hydrogen-bond acceptors (Lipinski definition) is 2. The second kappa shape index (κ2) is 6.02. The van der Waals surface area contributed by atoms with Crippen LogP contribution in [0.15, 0.2) is 0 Å². The molecule has 1 unspecified atom stereocenters. The molecule has 0 N–H and O–H groups in total. The first-order valence-corrected chi connectivity index (χ1v) is 4.46. The Morgan fingerprint density at radius 2 is 2.00 bits per heavy atom. The lowest BCUT2D eigenvalue weighted by Crippen LogP contribution is -2.32. The number of halogens is 2. The second-order valence-electron chi connectivity index (χ2n) is 3.36. The predicted molar refractivity (Wildman–Crippen MR) is 48.0 cm³/mol. The molecule has 0 heterocycles. The Morgan fingerprint density at radius 1 is 1.46 bits per heavy atom. The van der Waals surface area contributed by atoms with Gasteiger partial charge >= 0.3 is 0 Å². The maximum Gasteiger partial charge on any atom is 0.251 e. The zero-order valence-corrected chi connectivity index (χ0v) is 8.39. The Kier molecular flexibility index (Phi) is 5.79. The molecule has 0 fully saturated rings. The zero-order chi connectivity index (χ0) is 10.4. The molecule has 78 valence electrons. The summed E-state index contributed by atoms with van der Waals surface area (Å²) in [7, 11) is 1.53. The Bertz CT molecular complexity index is 162. The van der Waals surface area contributed by atoms with E-state index in [0.29, 0.717) is 0 Å². The number of ketones is 1. The maximum absolute atomic E-state index is 11.9. The van der Waals surface area contributed by atoms with Crippen molar-refractivity contribution in [2.45, 2.75) is 26.7 Å². The van der Waals surface area contributed by atoms with Gasteiger partial charge in [0.1, 0.15) is 5.78 Å². The molecule has 0 radical (unpaired) electrons. The number of Topliss-reactive ketones (excluding diaryl/α,β-unsaturated/α-hetero) is 1. The van der Waals surface area contributed by atoms with E-state index in [1.165, 1.54) is 11.9 Å². The normalized spacial score (nSPS) is 13.8. The Labute approximate surface area is 77.9 Å². The lowest BCUT2D eigenvalue weighted by atomic mass is 10.0. The zero-order valence-electron chi connectivity index (χ0n) is 8.39. The van der Waals surface area contributed by atoms with Crippen molar-refractivity contribution in [2.24, 2.45) is 5.92 Å². The van der Waals surface area contributed by atoms with Crippen molar-refractivity contribution >= 4 is 5.78 Å². The third-order valence-corrected chi connectivity index (χ3v) is 2.04. The number of nitrogens with zero attached hydrogens (tertiary/aromatic N) is 1. The summed E-state index contributed by atoms with van der Waals surface area (Å²) >= 11 is 0. The molecule has 13 heavy (non-hydrogen) atoms. The Balaban J connectivity index is 3.77. The maximum atomic E-state index is 11.9. The van der Waals surface area contributed by atoms with Crippen LogP contribution in [0.2, 0.25) is 0 Å². The van der Waals surface area contributed by atoms with Crippen LogP contribution < -0.4 is 0 Å². The minimum atomic E-state index is -2.37. The van der Waals surface area contributed by atoms with E-state index in [2.05, 4.69) is 0 Å². The first kappa shape index (κ1) is 12.5. The van der Waals surface area contributed by atoms with Gasteiger partial charge in [-0.25, -0.2) is 8.78 Å². The van der Waals surface area contributed by atoms with Crippen LogP contribution in [0.4, 0.5) is 8.78 Å². The molecular weight excluding hydrogens is 176 g/mol. The highest BCUT2D eigenvalue weighted by atomic mass is 19.3. The third kappa shape index (κ3) is 5.69. The van der Waals surface area contributed by atoms with Crippen LogP contribution in [-0.2, 0) is 4.79 Å². The van der Waals surface area contributed by atoms with E-state index in [4.69, 9.17) is 0 Å². The molecule has 0 rings (SSSR count). The van der Waals surface area contributed by atoms with Crippen molar-refractivity contribution in [3.63, 3.8) is 0 Å². The number of alkyl halides is 2. The summed E-state index contributed by atoms with van der Waals surface area (Å²) in [5, 5.41) is 0. The van der Waals surface area contributed by atoms with Gasteiger partial charge in [0.2, 0.25) is 0 Å². The molecule has 0 aliphatic carbocycles. The van der Waals surface area contributed by atoms with Gasteiger partial charge < -0.3 is 0 Å². The first-order chi connectivity index (χ1) is 5.97. The molecule has 0 bridgehead atoms. The molecule has 0 saturated heterocycles. The van der Waals surface area contributed by atoms with Gasteiger partial charge in [-0.15, -0.1) is 0 Å². The lowest BCUT2D eigenvalue weighted by molar-refractivity contribution is -0.123. The summed E-state index contributed by atoms with van der Waals surface area (Å²) in [4.78, 5) is 12.6. The van der Waals surface area contributed by atoms with E-state index in [1.807, 2.05) is 13.8 Å². The van der Waals surface area contributed by atoms with Gasteiger partial charge in [-0.05, 0) is 13.5 Å². The minimum absolute atomic E-state index is 0.0277. The van der Waals surface area contributed by atoms with Crippen LogP contribution in [0.1, 0.15) is 20.3 Å². The number of carbonyl (C=O) groups is 1. The highest BCUT2D eigenvalue weighted by Gasteiger charge is 2.15. The highest BCUT2D eigenvalue weighted by molar-refractivity contribution is 5.82.